The standard InChI is InChI=1S/C18H24FN3O5/c1-11(2)16(17(25)21-13(8-15(20)24)14(23)9-19)22-18(26)27-10-12-6-4-3-5-7-12/h3-7,11,13,16H,8-10H2,1-2H3,(H2,20,24)(H,21,25)(H,22,26)/t13-,16-/m0/s1. The molecule has 3 amide bonds. The van der Waals surface area contributed by atoms with Crippen molar-refractivity contribution < 1.29 is 28.3 Å². The van der Waals surface area contributed by atoms with Gasteiger partial charge in [0.05, 0.1) is 12.5 Å². The number of primary amides is 1. The van der Waals surface area contributed by atoms with Crippen molar-refractivity contribution >= 4 is 23.7 Å². The number of hydrogen-bond donors (Lipinski definition) is 3. The first-order chi connectivity index (χ1) is 12.7. The molecule has 0 aliphatic heterocycles. The number of rotatable bonds is 10. The van der Waals surface area contributed by atoms with E-state index in [-0.39, 0.29) is 12.5 Å². The number of nitrogens with one attached hydrogen (secondary N) is 2. The predicted molar refractivity (Wildman–Crippen MR) is 95.1 cm³/mol. The van der Waals surface area contributed by atoms with Gasteiger partial charge in [0.15, 0.2) is 5.78 Å². The van der Waals surface area contributed by atoms with Crippen LogP contribution in [0.3, 0.4) is 0 Å². The number of Topliss-reactive ketones (excluding diaryl/α,β-unsaturated/α-hetero) is 1. The van der Waals surface area contributed by atoms with Crippen molar-refractivity contribution in [3.63, 3.8) is 0 Å². The monoisotopic (exact) mass is 381 g/mol. The van der Waals surface area contributed by atoms with Gasteiger partial charge in [-0.15, -0.1) is 0 Å². The van der Waals surface area contributed by atoms with Crippen molar-refractivity contribution in [1.29, 1.82) is 0 Å². The summed E-state index contributed by atoms with van der Waals surface area (Å²) in [7, 11) is 0. The minimum atomic E-state index is -1.39. The lowest BCUT2D eigenvalue weighted by atomic mass is 10.0. The molecular weight excluding hydrogens is 357 g/mol. The second-order valence-corrected chi connectivity index (χ2v) is 6.26. The third kappa shape index (κ3) is 7.85. The summed E-state index contributed by atoms with van der Waals surface area (Å²) in [6, 6.07) is 6.53. The minimum absolute atomic E-state index is 0.0176. The highest BCUT2D eigenvalue weighted by Crippen LogP contribution is 2.06. The van der Waals surface area contributed by atoms with E-state index < -0.39 is 48.9 Å². The summed E-state index contributed by atoms with van der Waals surface area (Å²) in [5, 5.41) is 4.67. The molecular formula is C18H24FN3O5. The quantitative estimate of drug-likeness (QED) is 0.553. The van der Waals surface area contributed by atoms with Crippen LogP contribution < -0.4 is 16.4 Å². The molecule has 8 nitrogen and oxygen atoms in total. The minimum Gasteiger partial charge on any atom is -0.445 e. The first kappa shape index (κ1) is 22.1. The zero-order valence-electron chi connectivity index (χ0n) is 15.2. The van der Waals surface area contributed by atoms with Crippen LogP contribution in [0.4, 0.5) is 9.18 Å². The fraction of sp³-hybridized carbons (Fsp3) is 0.444. The van der Waals surface area contributed by atoms with E-state index in [1.165, 1.54) is 0 Å². The average Bonchev–Trinajstić information content (AvgIpc) is 2.63. The molecule has 0 aromatic heterocycles. The molecule has 0 bridgehead atoms. The highest BCUT2D eigenvalue weighted by molar-refractivity contribution is 5.95. The van der Waals surface area contributed by atoms with Crippen LogP contribution in [0, 0.1) is 5.92 Å². The van der Waals surface area contributed by atoms with Gasteiger partial charge in [-0.25, -0.2) is 9.18 Å². The molecule has 9 heteroatoms. The molecule has 2 atom stereocenters. The van der Waals surface area contributed by atoms with E-state index in [2.05, 4.69) is 10.6 Å². The number of alkyl carbamates (subject to hydrolysis) is 1. The fourth-order valence-electron chi connectivity index (χ4n) is 2.23. The molecule has 27 heavy (non-hydrogen) atoms. The van der Waals surface area contributed by atoms with Crippen molar-refractivity contribution in [2.24, 2.45) is 11.7 Å². The van der Waals surface area contributed by atoms with E-state index in [1.807, 2.05) is 6.07 Å². The largest absolute Gasteiger partial charge is 0.445 e. The van der Waals surface area contributed by atoms with E-state index in [1.54, 1.807) is 38.1 Å². The maximum Gasteiger partial charge on any atom is 0.408 e. The second-order valence-electron chi connectivity index (χ2n) is 6.26. The average molecular weight is 381 g/mol. The summed E-state index contributed by atoms with van der Waals surface area (Å²) in [4.78, 5) is 46.9. The maximum absolute atomic E-state index is 12.6. The Balaban J connectivity index is 2.69. The van der Waals surface area contributed by atoms with Gasteiger partial charge >= 0.3 is 6.09 Å². The molecule has 0 aliphatic carbocycles. The van der Waals surface area contributed by atoms with Gasteiger partial charge in [-0.3, -0.25) is 14.4 Å². The Morgan fingerprint density at radius 2 is 1.74 bits per heavy atom. The van der Waals surface area contributed by atoms with E-state index in [0.29, 0.717) is 0 Å². The lowest BCUT2D eigenvalue weighted by molar-refractivity contribution is -0.131. The van der Waals surface area contributed by atoms with Crippen LogP contribution in [-0.4, -0.2) is 42.4 Å². The molecule has 0 saturated heterocycles. The van der Waals surface area contributed by atoms with Crippen LogP contribution in [-0.2, 0) is 25.7 Å². The van der Waals surface area contributed by atoms with Gasteiger partial charge in [0.1, 0.15) is 19.3 Å². The number of halogens is 1. The zero-order valence-corrected chi connectivity index (χ0v) is 15.2. The van der Waals surface area contributed by atoms with Crippen molar-refractivity contribution in [3.05, 3.63) is 35.9 Å². The molecule has 0 radical (unpaired) electrons. The summed E-state index contributed by atoms with van der Waals surface area (Å²) < 4.78 is 17.7. The second kappa shape index (κ2) is 10.9. The predicted octanol–water partition coefficient (Wildman–Crippen LogP) is 0.836. The van der Waals surface area contributed by atoms with E-state index in [0.717, 1.165) is 5.56 Å². The van der Waals surface area contributed by atoms with Crippen LogP contribution in [0.5, 0.6) is 0 Å². The number of benzene rings is 1. The Hall–Kier alpha value is -2.97. The van der Waals surface area contributed by atoms with Gasteiger partial charge in [-0.2, -0.15) is 0 Å². The van der Waals surface area contributed by atoms with Crippen LogP contribution in [0.2, 0.25) is 0 Å². The Morgan fingerprint density at radius 3 is 2.26 bits per heavy atom. The number of ether oxygens (including phenoxy) is 1. The molecule has 0 heterocycles. The molecule has 4 N–H and O–H groups in total. The highest BCUT2D eigenvalue weighted by atomic mass is 19.1. The van der Waals surface area contributed by atoms with Crippen molar-refractivity contribution in [2.45, 2.75) is 39.0 Å². The van der Waals surface area contributed by atoms with Gasteiger partial charge in [0.2, 0.25) is 11.8 Å². The Bertz CT molecular complexity index is 666. The van der Waals surface area contributed by atoms with Gasteiger partial charge in [-0.05, 0) is 11.5 Å². The number of carbonyl (C=O) groups excluding carboxylic acids is 4. The fourth-order valence-corrected chi connectivity index (χ4v) is 2.23. The molecule has 148 valence electrons. The SMILES string of the molecule is CC(C)[C@H](NC(=O)OCc1ccccc1)C(=O)N[C@@H](CC(N)=O)C(=O)CF. The number of carbonyl (C=O) groups is 4. The van der Waals surface area contributed by atoms with Crippen LogP contribution in [0.15, 0.2) is 30.3 Å². The molecule has 1 rings (SSSR count). The Kier molecular flexibility index (Phi) is 8.91. The molecule has 0 fully saturated rings. The number of amides is 3. The topological polar surface area (TPSA) is 128 Å². The smallest absolute Gasteiger partial charge is 0.408 e. The maximum atomic E-state index is 12.6. The lowest BCUT2D eigenvalue weighted by Gasteiger charge is -2.24. The van der Waals surface area contributed by atoms with Crippen LogP contribution in [0.1, 0.15) is 25.8 Å². The van der Waals surface area contributed by atoms with Gasteiger partial charge in [-0.1, -0.05) is 44.2 Å². The normalized spacial score (nSPS) is 12.7. The Morgan fingerprint density at radius 1 is 1.11 bits per heavy atom. The third-order valence-electron chi connectivity index (χ3n) is 3.68. The molecule has 0 saturated carbocycles. The first-order valence-electron chi connectivity index (χ1n) is 8.39. The molecule has 0 spiro atoms. The third-order valence-corrected chi connectivity index (χ3v) is 3.68. The van der Waals surface area contributed by atoms with E-state index in [4.69, 9.17) is 10.5 Å². The number of alkyl halides is 1. The molecule has 0 unspecified atom stereocenters. The zero-order chi connectivity index (χ0) is 20.4. The lowest BCUT2D eigenvalue weighted by Crippen LogP contribution is -2.54. The first-order valence-corrected chi connectivity index (χ1v) is 8.39. The summed E-state index contributed by atoms with van der Waals surface area (Å²) in [5.41, 5.74) is 5.79. The van der Waals surface area contributed by atoms with Crippen molar-refractivity contribution in [1.82, 2.24) is 10.6 Å². The highest BCUT2D eigenvalue weighted by Gasteiger charge is 2.29. The summed E-state index contributed by atoms with van der Waals surface area (Å²) in [6.45, 7) is 2.00. The summed E-state index contributed by atoms with van der Waals surface area (Å²) in [6.07, 6.45) is -1.35. The van der Waals surface area contributed by atoms with Gasteiger partial charge in [0, 0.05) is 0 Å². The van der Waals surface area contributed by atoms with Crippen molar-refractivity contribution in [3.8, 4) is 0 Å². The number of hydrogen-bond acceptors (Lipinski definition) is 5. The van der Waals surface area contributed by atoms with Gasteiger partial charge in [0.25, 0.3) is 0 Å². The van der Waals surface area contributed by atoms with Crippen LogP contribution in [0.25, 0.3) is 0 Å². The summed E-state index contributed by atoms with van der Waals surface area (Å²) in [5.74, 6) is -2.94. The van der Waals surface area contributed by atoms with E-state index >= 15 is 0 Å². The van der Waals surface area contributed by atoms with Crippen LogP contribution >= 0.6 is 0 Å². The number of ketones is 1. The van der Waals surface area contributed by atoms with E-state index in [9.17, 15) is 23.6 Å². The molecule has 1 aromatic carbocycles. The molecule has 1 aromatic rings. The van der Waals surface area contributed by atoms with Crippen molar-refractivity contribution in [2.75, 3.05) is 6.67 Å². The molecule has 0 aliphatic rings. The summed E-state index contributed by atoms with van der Waals surface area (Å²) >= 11 is 0. The number of nitrogens with two attached hydrogens (primary N) is 1. The van der Waals surface area contributed by atoms with Gasteiger partial charge < -0.3 is 21.1 Å². The Labute approximate surface area is 156 Å².